The standard InChI is InChI=1S/C11H12N4OS/c1-15-6-8(5-14-15)17-10-4-7(12)2-3-9(10)11(13)16/h2-6H,12H2,1H3,(H2,13,16). The van der Waals surface area contributed by atoms with Crippen molar-refractivity contribution in [3.63, 3.8) is 0 Å². The van der Waals surface area contributed by atoms with Crippen molar-refractivity contribution in [2.75, 3.05) is 5.73 Å². The van der Waals surface area contributed by atoms with Gasteiger partial charge in [-0.3, -0.25) is 9.48 Å². The Balaban J connectivity index is 2.37. The van der Waals surface area contributed by atoms with Crippen molar-refractivity contribution in [3.05, 3.63) is 36.2 Å². The normalized spacial score (nSPS) is 10.4. The number of aryl methyl sites for hydroxylation is 1. The molecule has 0 radical (unpaired) electrons. The SMILES string of the molecule is Cn1cc(Sc2cc(N)ccc2C(N)=O)cn1. The lowest BCUT2D eigenvalue weighted by atomic mass is 10.2. The minimum atomic E-state index is -0.462. The summed E-state index contributed by atoms with van der Waals surface area (Å²) in [6.45, 7) is 0. The first kappa shape index (κ1) is 11.5. The van der Waals surface area contributed by atoms with Crippen LogP contribution >= 0.6 is 11.8 Å². The number of anilines is 1. The molecule has 0 bridgehead atoms. The van der Waals surface area contributed by atoms with Crippen molar-refractivity contribution in [2.45, 2.75) is 9.79 Å². The van der Waals surface area contributed by atoms with Crippen LogP contribution in [0.4, 0.5) is 5.69 Å². The largest absolute Gasteiger partial charge is 0.399 e. The third kappa shape index (κ3) is 2.59. The molecule has 0 saturated heterocycles. The van der Waals surface area contributed by atoms with E-state index >= 15 is 0 Å². The number of nitrogens with two attached hydrogens (primary N) is 2. The van der Waals surface area contributed by atoms with Gasteiger partial charge in [-0.1, -0.05) is 11.8 Å². The number of nitrogens with zero attached hydrogens (tertiary/aromatic N) is 2. The summed E-state index contributed by atoms with van der Waals surface area (Å²) in [5.74, 6) is -0.462. The predicted molar refractivity (Wildman–Crippen MR) is 66.7 cm³/mol. The fraction of sp³-hybridized carbons (Fsp3) is 0.0909. The van der Waals surface area contributed by atoms with E-state index in [9.17, 15) is 4.79 Å². The highest BCUT2D eigenvalue weighted by Gasteiger charge is 2.10. The van der Waals surface area contributed by atoms with Gasteiger partial charge < -0.3 is 11.5 Å². The summed E-state index contributed by atoms with van der Waals surface area (Å²) in [5.41, 5.74) is 12.1. The van der Waals surface area contributed by atoms with Gasteiger partial charge in [0.15, 0.2) is 0 Å². The van der Waals surface area contributed by atoms with E-state index in [1.54, 1.807) is 29.1 Å². The Morgan fingerprint density at radius 3 is 2.82 bits per heavy atom. The molecule has 1 heterocycles. The molecule has 0 aliphatic carbocycles. The minimum Gasteiger partial charge on any atom is -0.399 e. The van der Waals surface area contributed by atoms with E-state index in [0.717, 1.165) is 9.79 Å². The van der Waals surface area contributed by atoms with E-state index in [2.05, 4.69) is 5.10 Å². The van der Waals surface area contributed by atoms with Crippen LogP contribution in [0.25, 0.3) is 0 Å². The molecular weight excluding hydrogens is 236 g/mol. The maximum Gasteiger partial charge on any atom is 0.249 e. The van der Waals surface area contributed by atoms with Gasteiger partial charge in [-0.25, -0.2) is 0 Å². The molecule has 1 aromatic heterocycles. The Kier molecular flexibility index (Phi) is 3.06. The number of benzene rings is 1. The average Bonchev–Trinajstić information content (AvgIpc) is 2.63. The molecule has 0 aliphatic heterocycles. The van der Waals surface area contributed by atoms with Gasteiger partial charge in [0.25, 0.3) is 0 Å². The molecule has 0 aliphatic rings. The zero-order chi connectivity index (χ0) is 12.4. The molecule has 0 atom stereocenters. The van der Waals surface area contributed by atoms with Gasteiger partial charge in [0.2, 0.25) is 5.91 Å². The number of carbonyl (C=O) groups excluding carboxylic acids is 1. The molecule has 0 spiro atoms. The van der Waals surface area contributed by atoms with Crippen LogP contribution in [0.3, 0.4) is 0 Å². The molecule has 17 heavy (non-hydrogen) atoms. The van der Waals surface area contributed by atoms with Crippen molar-refractivity contribution >= 4 is 23.4 Å². The van der Waals surface area contributed by atoms with Crippen LogP contribution in [0, 0.1) is 0 Å². The minimum absolute atomic E-state index is 0.462. The van der Waals surface area contributed by atoms with Gasteiger partial charge >= 0.3 is 0 Å². The smallest absolute Gasteiger partial charge is 0.249 e. The van der Waals surface area contributed by atoms with Crippen molar-refractivity contribution < 1.29 is 4.79 Å². The maximum absolute atomic E-state index is 11.3. The summed E-state index contributed by atoms with van der Waals surface area (Å²) < 4.78 is 1.69. The Morgan fingerprint density at radius 1 is 1.47 bits per heavy atom. The topological polar surface area (TPSA) is 86.9 Å². The highest BCUT2D eigenvalue weighted by Crippen LogP contribution is 2.31. The summed E-state index contributed by atoms with van der Waals surface area (Å²) in [7, 11) is 1.83. The summed E-state index contributed by atoms with van der Waals surface area (Å²) >= 11 is 1.41. The molecule has 0 unspecified atom stereocenters. The van der Waals surface area contributed by atoms with Gasteiger partial charge in [-0.2, -0.15) is 5.10 Å². The second kappa shape index (κ2) is 4.50. The Hall–Kier alpha value is -1.95. The lowest BCUT2D eigenvalue weighted by molar-refractivity contribution is 0.0997. The van der Waals surface area contributed by atoms with Crippen molar-refractivity contribution in [1.29, 1.82) is 0 Å². The summed E-state index contributed by atoms with van der Waals surface area (Å²) in [6.07, 6.45) is 3.58. The molecule has 0 saturated carbocycles. The summed E-state index contributed by atoms with van der Waals surface area (Å²) in [5, 5.41) is 4.06. The van der Waals surface area contributed by atoms with Gasteiger partial charge in [-0.15, -0.1) is 0 Å². The summed E-state index contributed by atoms with van der Waals surface area (Å²) in [4.78, 5) is 12.9. The number of nitrogen functional groups attached to an aromatic ring is 1. The Bertz CT molecular complexity index is 564. The van der Waals surface area contributed by atoms with E-state index in [4.69, 9.17) is 11.5 Å². The van der Waals surface area contributed by atoms with Gasteiger partial charge in [0, 0.05) is 23.8 Å². The molecule has 5 nitrogen and oxygen atoms in total. The van der Waals surface area contributed by atoms with E-state index < -0.39 is 5.91 Å². The first-order valence-electron chi connectivity index (χ1n) is 4.92. The fourth-order valence-corrected chi connectivity index (χ4v) is 2.44. The van der Waals surface area contributed by atoms with Gasteiger partial charge in [0.1, 0.15) is 0 Å². The van der Waals surface area contributed by atoms with E-state index in [1.807, 2.05) is 13.2 Å². The Labute approximate surface area is 103 Å². The Morgan fingerprint density at radius 2 is 2.24 bits per heavy atom. The zero-order valence-electron chi connectivity index (χ0n) is 9.25. The number of rotatable bonds is 3. The van der Waals surface area contributed by atoms with Crippen LogP contribution in [0.2, 0.25) is 0 Å². The van der Waals surface area contributed by atoms with Crippen LogP contribution in [-0.2, 0) is 7.05 Å². The van der Waals surface area contributed by atoms with Crippen molar-refractivity contribution in [2.24, 2.45) is 12.8 Å². The van der Waals surface area contributed by atoms with E-state index in [-0.39, 0.29) is 0 Å². The molecule has 4 N–H and O–H groups in total. The molecule has 1 amide bonds. The number of carbonyl (C=O) groups is 1. The summed E-state index contributed by atoms with van der Waals surface area (Å²) in [6, 6.07) is 5.03. The quantitative estimate of drug-likeness (QED) is 0.800. The predicted octanol–water partition coefficient (Wildman–Crippen LogP) is 1.25. The molecule has 0 fully saturated rings. The van der Waals surface area contributed by atoms with Crippen molar-refractivity contribution in [3.8, 4) is 0 Å². The number of hydrogen-bond donors (Lipinski definition) is 2. The number of amides is 1. The van der Waals surface area contributed by atoms with E-state index in [0.29, 0.717) is 11.3 Å². The third-order valence-electron chi connectivity index (χ3n) is 2.18. The van der Waals surface area contributed by atoms with Crippen molar-refractivity contribution in [1.82, 2.24) is 9.78 Å². The maximum atomic E-state index is 11.3. The number of hydrogen-bond acceptors (Lipinski definition) is 4. The van der Waals surface area contributed by atoms with Crippen LogP contribution in [0.5, 0.6) is 0 Å². The highest BCUT2D eigenvalue weighted by atomic mass is 32.2. The lowest BCUT2D eigenvalue weighted by Gasteiger charge is -2.05. The molecule has 2 aromatic rings. The molecular formula is C11H12N4OS. The molecule has 88 valence electrons. The first-order chi connectivity index (χ1) is 8.06. The fourth-order valence-electron chi connectivity index (χ4n) is 1.41. The molecule has 6 heteroatoms. The van der Waals surface area contributed by atoms with Crippen LogP contribution < -0.4 is 11.5 Å². The highest BCUT2D eigenvalue weighted by molar-refractivity contribution is 7.99. The average molecular weight is 248 g/mol. The molecule has 2 rings (SSSR count). The lowest BCUT2D eigenvalue weighted by Crippen LogP contribution is -2.12. The van der Waals surface area contributed by atoms with Gasteiger partial charge in [0.05, 0.1) is 16.7 Å². The van der Waals surface area contributed by atoms with Crippen LogP contribution in [0.15, 0.2) is 40.4 Å². The second-order valence-corrected chi connectivity index (χ2v) is 4.69. The number of primary amides is 1. The zero-order valence-corrected chi connectivity index (χ0v) is 10.1. The number of aromatic nitrogens is 2. The second-order valence-electron chi connectivity index (χ2n) is 3.57. The van der Waals surface area contributed by atoms with Crippen LogP contribution in [0.1, 0.15) is 10.4 Å². The van der Waals surface area contributed by atoms with E-state index in [1.165, 1.54) is 11.8 Å². The van der Waals surface area contributed by atoms with Crippen LogP contribution in [-0.4, -0.2) is 15.7 Å². The first-order valence-corrected chi connectivity index (χ1v) is 5.74. The monoisotopic (exact) mass is 248 g/mol. The van der Waals surface area contributed by atoms with Gasteiger partial charge in [-0.05, 0) is 18.2 Å². The third-order valence-corrected chi connectivity index (χ3v) is 3.18. The molecule has 1 aromatic carbocycles.